The number of rotatable bonds is 1. The van der Waals surface area contributed by atoms with Crippen LogP contribution in [-0.4, -0.2) is 35.4 Å². The van der Waals surface area contributed by atoms with Crippen molar-refractivity contribution in [2.24, 2.45) is 0 Å². The van der Waals surface area contributed by atoms with Crippen molar-refractivity contribution in [3.05, 3.63) is 34.9 Å². The normalized spacial score (nSPS) is 27.3. The van der Waals surface area contributed by atoms with Crippen molar-refractivity contribution in [1.82, 2.24) is 10.2 Å². The fourth-order valence-electron chi connectivity index (χ4n) is 3.15. The predicted octanol–water partition coefficient (Wildman–Crippen LogP) is 2.02. The van der Waals surface area contributed by atoms with E-state index < -0.39 is 0 Å². The molecule has 102 valence electrons. The Morgan fingerprint density at radius 1 is 1.37 bits per heavy atom. The summed E-state index contributed by atoms with van der Waals surface area (Å²) in [7, 11) is 0. The van der Waals surface area contributed by atoms with Gasteiger partial charge >= 0.3 is 0 Å². The third-order valence-electron chi connectivity index (χ3n) is 4.11. The molecule has 1 amide bonds. The summed E-state index contributed by atoms with van der Waals surface area (Å²) in [5.74, 6) is 1.83. The quantitative estimate of drug-likeness (QED) is 0.852. The molecule has 1 atom stereocenters. The van der Waals surface area contributed by atoms with Gasteiger partial charge in [0.1, 0.15) is 5.66 Å². The third kappa shape index (κ3) is 2.07. The van der Waals surface area contributed by atoms with Crippen molar-refractivity contribution in [2.75, 3.05) is 24.6 Å². The van der Waals surface area contributed by atoms with Crippen LogP contribution in [0.5, 0.6) is 0 Å². The first kappa shape index (κ1) is 13.0. The van der Waals surface area contributed by atoms with E-state index in [2.05, 4.69) is 42.3 Å². The van der Waals surface area contributed by atoms with Gasteiger partial charge in [-0.3, -0.25) is 10.1 Å². The van der Waals surface area contributed by atoms with Crippen LogP contribution in [0.15, 0.2) is 18.2 Å². The molecule has 1 N–H and O–H groups in total. The Kier molecular flexibility index (Phi) is 3.31. The fourth-order valence-corrected chi connectivity index (χ4v) is 4.29. The van der Waals surface area contributed by atoms with E-state index >= 15 is 0 Å². The van der Waals surface area contributed by atoms with Crippen LogP contribution >= 0.6 is 11.8 Å². The lowest BCUT2D eigenvalue weighted by molar-refractivity contribution is -0.138. The first-order valence-corrected chi connectivity index (χ1v) is 8.00. The summed E-state index contributed by atoms with van der Waals surface area (Å²) >= 11 is 1.74. The lowest BCUT2D eigenvalue weighted by Crippen LogP contribution is -2.66. The molecule has 0 radical (unpaired) electrons. The van der Waals surface area contributed by atoms with Gasteiger partial charge in [0.2, 0.25) is 5.91 Å². The monoisotopic (exact) mass is 276 g/mol. The SMILES string of the molecule is Cc1ccc(C)c(C23CSCC(=O)N2CCCN3)c1. The Bertz CT molecular complexity index is 513. The van der Waals surface area contributed by atoms with Gasteiger partial charge < -0.3 is 4.90 Å². The molecule has 4 heteroatoms. The van der Waals surface area contributed by atoms with Crippen molar-refractivity contribution >= 4 is 17.7 Å². The summed E-state index contributed by atoms with van der Waals surface area (Å²) in [6.07, 6.45) is 1.04. The van der Waals surface area contributed by atoms with E-state index in [4.69, 9.17) is 0 Å². The number of thioether (sulfide) groups is 1. The highest BCUT2D eigenvalue weighted by atomic mass is 32.2. The first-order valence-electron chi connectivity index (χ1n) is 6.84. The van der Waals surface area contributed by atoms with Crippen molar-refractivity contribution < 1.29 is 4.79 Å². The molecule has 19 heavy (non-hydrogen) atoms. The molecule has 0 bridgehead atoms. The summed E-state index contributed by atoms with van der Waals surface area (Å²) in [5, 5.41) is 3.63. The van der Waals surface area contributed by atoms with Crippen LogP contribution < -0.4 is 5.32 Å². The number of nitrogens with one attached hydrogen (secondary N) is 1. The molecule has 0 aliphatic carbocycles. The van der Waals surface area contributed by atoms with Gasteiger partial charge in [-0.25, -0.2) is 0 Å². The Balaban J connectivity index is 2.12. The van der Waals surface area contributed by atoms with Crippen molar-refractivity contribution in [1.29, 1.82) is 0 Å². The second-order valence-electron chi connectivity index (χ2n) is 5.50. The van der Waals surface area contributed by atoms with Crippen LogP contribution in [0.1, 0.15) is 23.1 Å². The molecule has 2 fully saturated rings. The van der Waals surface area contributed by atoms with Crippen LogP contribution in [-0.2, 0) is 10.5 Å². The highest BCUT2D eigenvalue weighted by Gasteiger charge is 2.46. The van der Waals surface area contributed by atoms with Crippen molar-refractivity contribution in [3.8, 4) is 0 Å². The first-order chi connectivity index (χ1) is 9.13. The smallest absolute Gasteiger partial charge is 0.234 e. The van der Waals surface area contributed by atoms with Crippen LogP contribution in [0.4, 0.5) is 0 Å². The Hall–Kier alpha value is -1.00. The van der Waals surface area contributed by atoms with Gasteiger partial charge in [0.25, 0.3) is 0 Å². The zero-order chi connectivity index (χ0) is 13.5. The molecule has 2 heterocycles. The maximum Gasteiger partial charge on any atom is 0.234 e. The standard InChI is InChI=1S/C15H20N2OS/c1-11-4-5-12(2)13(8-11)15-10-19-9-14(18)17(15)7-3-6-16-15/h4-5,8,16H,3,6-7,9-10H2,1-2H3. The number of benzene rings is 1. The number of amides is 1. The van der Waals surface area contributed by atoms with E-state index in [0.29, 0.717) is 5.75 Å². The minimum atomic E-state index is -0.283. The Morgan fingerprint density at radius 3 is 3.05 bits per heavy atom. The molecule has 1 aromatic rings. The summed E-state index contributed by atoms with van der Waals surface area (Å²) in [6.45, 7) is 6.11. The number of carbonyl (C=O) groups is 1. The number of carbonyl (C=O) groups excluding carboxylic acids is 1. The number of hydrogen-bond acceptors (Lipinski definition) is 3. The third-order valence-corrected chi connectivity index (χ3v) is 5.19. The second kappa shape index (κ2) is 4.84. The largest absolute Gasteiger partial charge is 0.319 e. The molecular weight excluding hydrogens is 256 g/mol. The lowest BCUT2D eigenvalue weighted by Gasteiger charge is -2.51. The minimum Gasteiger partial charge on any atom is -0.319 e. The predicted molar refractivity (Wildman–Crippen MR) is 79.3 cm³/mol. The number of hydrogen-bond donors (Lipinski definition) is 1. The molecule has 1 unspecified atom stereocenters. The van der Waals surface area contributed by atoms with E-state index in [1.807, 2.05) is 0 Å². The van der Waals surface area contributed by atoms with Gasteiger partial charge in [0.05, 0.1) is 5.75 Å². The number of nitrogens with zero attached hydrogens (tertiary/aromatic N) is 1. The zero-order valence-electron chi connectivity index (χ0n) is 11.5. The topological polar surface area (TPSA) is 32.3 Å². The molecule has 0 aromatic heterocycles. The molecule has 1 aromatic carbocycles. The molecule has 2 aliphatic heterocycles. The van der Waals surface area contributed by atoms with E-state index in [9.17, 15) is 4.79 Å². The molecule has 0 spiro atoms. The van der Waals surface area contributed by atoms with Gasteiger partial charge in [-0.05, 0) is 37.9 Å². The molecule has 2 aliphatic rings. The second-order valence-corrected chi connectivity index (χ2v) is 6.48. The molecule has 0 saturated carbocycles. The maximum atomic E-state index is 12.3. The number of fused-ring (bicyclic) bond motifs is 1. The van der Waals surface area contributed by atoms with Gasteiger partial charge in [-0.15, -0.1) is 11.8 Å². The van der Waals surface area contributed by atoms with E-state index in [0.717, 1.165) is 25.3 Å². The summed E-state index contributed by atoms with van der Waals surface area (Å²) in [5.41, 5.74) is 3.51. The highest BCUT2D eigenvalue weighted by Crippen LogP contribution is 2.38. The van der Waals surface area contributed by atoms with Crippen molar-refractivity contribution in [2.45, 2.75) is 25.9 Å². The molecule has 3 rings (SSSR count). The van der Waals surface area contributed by atoms with Crippen LogP contribution in [0.3, 0.4) is 0 Å². The summed E-state index contributed by atoms with van der Waals surface area (Å²) in [6, 6.07) is 6.54. The van der Waals surface area contributed by atoms with Gasteiger partial charge in [-0.2, -0.15) is 0 Å². The van der Waals surface area contributed by atoms with E-state index in [-0.39, 0.29) is 11.6 Å². The van der Waals surface area contributed by atoms with Gasteiger partial charge in [-0.1, -0.05) is 23.8 Å². The van der Waals surface area contributed by atoms with Gasteiger partial charge in [0, 0.05) is 12.3 Å². The zero-order valence-corrected chi connectivity index (χ0v) is 12.3. The Labute approximate surface area is 118 Å². The van der Waals surface area contributed by atoms with E-state index in [1.54, 1.807) is 11.8 Å². The molecular formula is C15H20N2OS. The Morgan fingerprint density at radius 2 is 2.21 bits per heavy atom. The van der Waals surface area contributed by atoms with Crippen LogP contribution in [0.2, 0.25) is 0 Å². The highest BCUT2D eigenvalue weighted by molar-refractivity contribution is 8.00. The van der Waals surface area contributed by atoms with Crippen molar-refractivity contribution in [3.63, 3.8) is 0 Å². The summed E-state index contributed by atoms with van der Waals surface area (Å²) < 4.78 is 0. The summed E-state index contributed by atoms with van der Waals surface area (Å²) in [4.78, 5) is 14.3. The maximum absolute atomic E-state index is 12.3. The lowest BCUT2D eigenvalue weighted by atomic mass is 9.90. The van der Waals surface area contributed by atoms with Crippen LogP contribution in [0, 0.1) is 13.8 Å². The molecule has 2 saturated heterocycles. The van der Waals surface area contributed by atoms with Gasteiger partial charge in [0.15, 0.2) is 0 Å². The number of aryl methyl sites for hydroxylation is 2. The van der Waals surface area contributed by atoms with E-state index in [1.165, 1.54) is 16.7 Å². The van der Waals surface area contributed by atoms with Crippen LogP contribution in [0.25, 0.3) is 0 Å². The average Bonchev–Trinajstić information content (AvgIpc) is 2.42. The average molecular weight is 276 g/mol. The molecule has 3 nitrogen and oxygen atoms in total. The minimum absolute atomic E-state index is 0.268. The fraction of sp³-hybridized carbons (Fsp3) is 0.533.